The van der Waals surface area contributed by atoms with Crippen molar-refractivity contribution in [2.24, 2.45) is 0 Å². The van der Waals surface area contributed by atoms with Crippen molar-refractivity contribution in [3.8, 4) is 0 Å². The SMILES string of the molecule is COCc1ccc(CNC2CCCC2n2ccnc2)cc1. The van der Waals surface area contributed by atoms with Crippen LogP contribution in [0.15, 0.2) is 43.0 Å². The van der Waals surface area contributed by atoms with Crippen molar-refractivity contribution in [3.05, 3.63) is 54.1 Å². The van der Waals surface area contributed by atoms with E-state index in [4.69, 9.17) is 4.74 Å². The molecule has 4 nitrogen and oxygen atoms in total. The second-order valence-electron chi connectivity index (χ2n) is 5.75. The third kappa shape index (κ3) is 3.52. The summed E-state index contributed by atoms with van der Waals surface area (Å²) in [6.07, 6.45) is 9.64. The highest BCUT2D eigenvalue weighted by atomic mass is 16.5. The molecule has 4 heteroatoms. The van der Waals surface area contributed by atoms with Gasteiger partial charge in [-0.25, -0.2) is 4.98 Å². The number of rotatable bonds is 6. The summed E-state index contributed by atoms with van der Waals surface area (Å²) < 4.78 is 7.38. The van der Waals surface area contributed by atoms with Crippen molar-refractivity contribution in [1.82, 2.24) is 14.9 Å². The maximum absolute atomic E-state index is 5.14. The van der Waals surface area contributed by atoms with E-state index in [1.54, 1.807) is 7.11 Å². The van der Waals surface area contributed by atoms with Crippen LogP contribution in [0, 0.1) is 0 Å². The zero-order valence-electron chi connectivity index (χ0n) is 12.5. The quantitative estimate of drug-likeness (QED) is 0.887. The van der Waals surface area contributed by atoms with Crippen LogP contribution >= 0.6 is 0 Å². The molecule has 0 radical (unpaired) electrons. The number of ether oxygens (including phenoxy) is 1. The summed E-state index contributed by atoms with van der Waals surface area (Å²) in [7, 11) is 1.73. The van der Waals surface area contributed by atoms with Crippen LogP contribution in [-0.4, -0.2) is 22.7 Å². The number of hydrogen-bond acceptors (Lipinski definition) is 3. The van der Waals surface area contributed by atoms with Crippen LogP contribution in [0.1, 0.15) is 36.4 Å². The molecule has 0 bridgehead atoms. The Bertz CT molecular complexity index is 536. The Balaban J connectivity index is 1.56. The molecule has 0 aliphatic heterocycles. The molecule has 2 aromatic rings. The molecule has 1 aromatic heterocycles. The summed E-state index contributed by atoms with van der Waals surface area (Å²) in [6, 6.07) is 9.73. The number of imidazole rings is 1. The van der Waals surface area contributed by atoms with Crippen molar-refractivity contribution in [2.75, 3.05) is 7.11 Å². The van der Waals surface area contributed by atoms with Crippen LogP contribution in [0.3, 0.4) is 0 Å². The van der Waals surface area contributed by atoms with Gasteiger partial charge in [-0.1, -0.05) is 24.3 Å². The van der Waals surface area contributed by atoms with Crippen LogP contribution in [0.2, 0.25) is 0 Å². The minimum Gasteiger partial charge on any atom is -0.380 e. The van der Waals surface area contributed by atoms with Gasteiger partial charge in [-0.15, -0.1) is 0 Å². The highest BCUT2D eigenvalue weighted by Gasteiger charge is 2.27. The van der Waals surface area contributed by atoms with E-state index in [9.17, 15) is 0 Å². The van der Waals surface area contributed by atoms with Crippen molar-refractivity contribution in [1.29, 1.82) is 0 Å². The standard InChI is InChI=1S/C17H23N3O/c1-21-12-15-7-5-14(6-8-15)11-19-16-3-2-4-17(16)20-10-9-18-13-20/h5-10,13,16-17,19H,2-4,11-12H2,1H3. The Hall–Kier alpha value is -1.65. The van der Waals surface area contributed by atoms with Gasteiger partial charge in [0.1, 0.15) is 0 Å². The van der Waals surface area contributed by atoms with Gasteiger partial charge in [0.25, 0.3) is 0 Å². The van der Waals surface area contributed by atoms with E-state index in [-0.39, 0.29) is 0 Å². The fraction of sp³-hybridized carbons (Fsp3) is 0.471. The lowest BCUT2D eigenvalue weighted by Gasteiger charge is -2.22. The maximum atomic E-state index is 5.14. The van der Waals surface area contributed by atoms with E-state index in [1.807, 2.05) is 12.5 Å². The minimum atomic E-state index is 0.540. The first-order valence-electron chi connectivity index (χ1n) is 7.64. The van der Waals surface area contributed by atoms with Gasteiger partial charge in [0.2, 0.25) is 0 Å². The van der Waals surface area contributed by atoms with Crippen LogP contribution in [-0.2, 0) is 17.9 Å². The molecule has 3 rings (SSSR count). The van der Waals surface area contributed by atoms with Crippen molar-refractivity contribution < 1.29 is 4.74 Å². The highest BCUT2D eigenvalue weighted by molar-refractivity contribution is 5.22. The van der Waals surface area contributed by atoms with Crippen LogP contribution in [0.5, 0.6) is 0 Å². The molecule has 1 N–H and O–H groups in total. The topological polar surface area (TPSA) is 39.1 Å². The van der Waals surface area contributed by atoms with Crippen molar-refractivity contribution >= 4 is 0 Å². The zero-order chi connectivity index (χ0) is 14.5. The Morgan fingerprint density at radius 3 is 2.76 bits per heavy atom. The number of nitrogens with zero attached hydrogens (tertiary/aromatic N) is 2. The molecule has 1 fully saturated rings. The van der Waals surface area contributed by atoms with Gasteiger partial charge < -0.3 is 14.6 Å². The first-order chi connectivity index (χ1) is 10.4. The van der Waals surface area contributed by atoms with E-state index in [2.05, 4.69) is 45.3 Å². The normalized spacial score (nSPS) is 21.8. The third-order valence-electron chi connectivity index (χ3n) is 4.29. The van der Waals surface area contributed by atoms with Crippen LogP contribution < -0.4 is 5.32 Å². The lowest BCUT2D eigenvalue weighted by molar-refractivity contribution is 0.185. The summed E-state index contributed by atoms with van der Waals surface area (Å²) in [5.41, 5.74) is 2.55. The molecule has 1 aliphatic rings. The lowest BCUT2D eigenvalue weighted by Crippen LogP contribution is -2.33. The Morgan fingerprint density at radius 1 is 1.24 bits per heavy atom. The van der Waals surface area contributed by atoms with Gasteiger partial charge in [-0.2, -0.15) is 0 Å². The molecule has 1 saturated carbocycles. The number of methoxy groups -OCH3 is 1. The first-order valence-corrected chi connectivity index (χ1v) is 7.64. The molecule has 0 saturated heterocycles. The first kappa shape index (κ1) is 14.3. The van der Waals surface area contributed by atoms with Crippen molar-refractivity contribution in [2.45, 2.75) is 44.5 Å². The summed E-state index contributed by atoms with van der Waals surface area (Å²) in [6.45, 7) is 1.60. The molecule has 0 amide bonds. The average Bonchev–Trinajstić information content (AvgIpc) is 3.18. The second-order valence-corrected chi connectivity index (χ2v) is 5.75. The summed E-state index contributed by atoms with van der Waals surface area (Å²) in [5, 5.41) is 3.71. The van der Waals surface area contributed by atoms with Crippen LogP contribution in [0.4, 0.5) is 0 Å². The monoisotopic (exact) mass is 285 g/mol. The average molecular weight is 285 g/mol. The third-order valence-corrected chi connectivity index (χ3v) is 4.29. The summed E-state index contributed by atoms with van der Waals surface area (Å²) in [5.74, 6) is 0. The van der Waals surface area contributed by atoms with Gasteiger partial charge in [-0.05, 0) is 30.4 Å². The molecule has 2 atom stereocenters. The molecular weight excluding hydrogens is 262 g/mol. The van der Waals surface area contributed by atoms with Gasteiger partial charge in [-0.3, -0.25) is 0 Å². The maximum Gasteiger partial charge on any atom is 0.0949 e. The van der Waals surface area contributed by atoms with E-state index < -0.39 is 0 Å². The van der Waals surface area contributed by atoms with Gasteiger partial charge in [0.15, 0.2) is 0 Å². The van der Waals surface area contributed by atoms with Gasteiger partial charge in [0.05, 0.1) is 12.9 Å². The number of hydrogen-bond donors (Lipinski definition) is 1. The molecule has 1 aromatic carbocycles. The molecule has 21 heavy (non-hydrogen) atoms. The number of nitrogens with one attached hydrogen (secondary N) is 1. The lowest BCUT2D eigenvalue weighted by atomic mass is 10.1. The Kier molecular flexibility index (Phi) is 4.68. The van der Waals surface area contributed by atoms with E-state index in [0.717, 1.165) is 6.54 Å². The zero-order valence-corrected chi connectivity index (χ0v) is 12.5. The van der Waals surface area contributed by atoms with E-state index >= 15 is 0 Å². The molecular formula is C17H23N3O. The summed E-state index contributed by atoms with van der Waals surface area (Å²) in [4.78, 5) is 4.17. The Morgan fingerprint density at radius 2 is 2.05 bits per heavy atom. The number of aromatic nitrogens is 2. The highest BCUT2D eigenvalue weighted by Crippen LogP contribution is 2.30. The van der Waals surface area contributed by atoms with Gasteiger partial charge >= 0.3 is 0 Å². The fourth-order valence-corrected chi connectivity index (χ4v) is 3.17. The minimum absolute atomic E-state index is 0.540. The van der Waals surface area contributed by atoms with E-state index in [1.165, 1.54) is 30.4 Å². The second kappa shape index (κ2) is 6.87. The molecule has 112 valence electrons. The summed E-state index contributed by atoms with van der Waals surface area (Å²) >= 11 is 0. The fourth-order valence-electron chi connectivity index (χ4n) is 3.17. The van der Waals surface area contributed by atoms with Gasteiger partial charge in [0, 0.05) is 38.1 Å². The molecule has 1 aliphatic carbocycles. The Labute approximate surface area is 126 Å². The molecule has 1 heterocycles. The van der Waals surface area contributed by atoms with Crippen molar-refractivity contribution in [3.63, 3.8) is 0 Å². The largest absolute Gasteiger partial charge is 0.380 e. The van der Waals surface area contributed by atoms with Crippen LogP contribution in [0.25, 0.3) is 0 Å². The predicted molar refractivity (Wildman–Crippen MR) is 82.9 cm³/mol. The van der Waals surface area contributed by atoms with E-state index in [0.29, 0.717) is 18.7 Å². The smallest absolute Gasteiger partial charge is 0.0949 e. The molecule has 0 spiro atoms. The number of benzene rings is 1. The molecule has 2 unspecified atom stereocenters. The predicted octanol–water partition coefficient (Wildman–Crippen LogP) is 2.91.